The summed E-state index contributed by atoms with van der Waals surface area (Å²) in [5.41, 5.74) is 1.77. The molecule has 1 nitrogen and oxygen atoms in total. The molecule has 0 aliphatic rings. The third-order valence-electron chi connectivity index (χ3n) is 2.11. The van der Waals surface area contributed by atoms with Gasteiger partial charge in [-0.25, -0.2) is 0 Å². The molecule has 0 amide bonds. The van der Waals surface area contributed by atoms with Crippen LogP contribution in [0.25, 0.3) is 10.1 Å². The van der Waals surface area contributed by atoms with Crippen LogP contribution < -0.4 is 0 Å². The maximum atomic E-state index is 11.0. The van der Waals surface area contributed by atoms with Gasteiger partial charge in [-0.2, -0.15) is 0 Å². The number of aldehydes is 1. The van der Waals surface area contributed by atoms with Crippen molar-refractivity contribution in [1.29, 1.82) is 0 Å². The number of hydrogen-bond donors (Lipinski definition) is 1. The van der Waals surface area contributed by atoms with Crippen LogP contribution in [0.2, 0.25) is 0 Å². The van der Waals surface area contributed by atoms with Crippen LogP contribution in [0.3, 0.4) is 0 Å². The van der Waals surface area contributed by atoms with Gasteiger partial charge in [0.15, 0.2) is 6.29 Å². The Bertz CT molecular complexity index is 490. The molecule has 4 heteroatoms. The van der Waals surface area contributed by atoms with Crippen molar-refractivity contribution in [2.24, 2.45) is 0 Å². The Morgan fingerprint density at radius 3 is 3.00 bits per heavy atom. The SMILES string of the molecule is O=Cc1c(CBr)cc(S)c2sccc12. The molecule has 1 aromatic carbocycles. The van der Waals surface area contributed by atoms with Crippen molar-refractivity contribution in [3.05, 3.63) is 28.6 Å². The molecule has 1 aromatic heterocycles. The van der Waals surface area contributed by atoms with E-state index in [9.17, 15) is 4.79 Å². The minimum Gasteiger partial charge on any atom is -0.298 e. The van der Waals surface area contributed by atoms with Crippen LogP contribution in [0, 0.1) is 0 Å². The number of thiophene rings is 1. The van der Waals surface area contributed by atoms with Crippen LogP contribution in [0.15, 0.2) is 22.4 Å². The number of alkyl halides is 1. The van der Waals surface area contributed by atoms with Gasteiger partial charge in [0.2, 0.25) is 0 Å². The fourth-order valence-corrected chi connectivity index (χ4v) is 3.17. The van der Waals surface area contributed by atoms with Crippen molar-refractivity contribution in [2.75, 3.05) is 0 Å². The predicted octanol–water partition coefficient (Wildman–Crippen LogP) is 3.90. The molecular weight excluding hydrogens is 280 g/mol. The fraction of sp³-hybridized carbons (Fsp3) is 0.100. The summed E-state index contributed by atoms with van der Waals surface area (Å²) in [6.07, 6.45) is 0.916. The second-order valence-electron chi connectivity index (χ2n) is 2.88. The highest BCUT2D eigenvalue weighted by molar-refractivity contribution is 9.08. The molecule has 2 aromatic rings. The monoisotopic (exact) mass is 286 g/mol. The summed E-state index contributed by atoms with van der Waals surface area (Å²) < 4.78 is 1.08. The van der Waals surface area contributed by atoms with Crippen LogP contribution in [-0.4, -0.2) is 6.29 Å². The highest BCUT2D eigenvalue weighted by atomic mass is 79.9. The molecule has 0 aliphatic heterocycles. The normalized spacial score (nSPS) is 10.7. The summed E-state index contributed by atoms with van der Waals surface area (Å²) in [7, 11) is 0. The van der Waals surface area contributed by atoms with Crippen molar-refractivity contribution >= 4 is 56.3 Å². The second kappa shape index (κ2) is 4.04. The lowest BCUT2D eigenvalue weighted by molar-refractivity contribution is 0.112. The van der Waals surface area contributed by atoms with E-state index in [0.717, 1.165) is 32.4 Å². The number of halogens is 1. The number of carbonyl (C=O) groups excluding carboxylic acids is 1. The van der Waals surface area contributed by atoms with Gasteiger partial charge in [0.1, 0.15) is 0 Å². The minimum absolute atomic E-state index is 0.681. The van der Waals surface area contributed by atoms with Gasteiger partial charge in [0.05, 0.1) is 0 Å². The molecule has 2 rings (SSSR count). The highest BCUT2D eigenvalue weighted by Crippen LogP contribution is 2.32. The van der Waals surface area contributed by atoms with E-state index < -0.39 is 0 Å². The van der Waals surface area contributed by atoms with E-state index in [1.807, 2.05) is 17.5 Å². The topological polar surface area (TPSA) is 17.1 Å². The Morgan fingerprint density at radius 2 is 2.36 bits per heavy atom. The number of fused-ring (bicyclic) bond motifs is 1. The van der Waals surface area contributed by atoms with Gasteiger partial charge in [-0.15, -0.1) is 24.0 Å². The molecule has 0 saturated heterocycles. The van der Waals surface area contributed by atoms with Crippen LogP contribution >= 0.6 is 39.9 Å². The van der Waals surface area contributed by atoms with Crippen LogP contribution in [-0.2, 0) is 5.33 Å². The van der Waals surface area contributed by atoms with E-state index in [2.05, 4.69) is 28.6 Å². The molecule has 0 atom stereocenters. The number of hydrogen-bond acceptors (Lipinski definition) is 3. The van der Waals surface area contributed by atoms with E-state index in [1.165, 1.54) is 0 Å². The first-order chi connectivity index (χ1) is 6.77. The Balaban J connectivity index is 2.88. The smallest absolute Gasteiger partial charge is 0.151 e. The van der Waals surface area contributed by atoms with Gasteiger partial charge < -0.3 is 0 Å². The molecule has 0 fully saturated rings. The zero-order chi connectivity index (χ0) is 10.1. The summed E-state index contributed by atoms with van der Waals surface area (Å²) in [6, 6.07) is 3.91. The van der Waals surface area contributed by atoms with Crippen LogP contribution in [0.5, 0.6) is 0 Å². The minimum atomic E-state index is 0.681. The van der Waals surface area contributed by atoms with Gasteiger partial charge in [-0.05, 0) is 23.1 Å². The number of thiol groups is 1. The average molecular weight is 287 g/mol. The lowest BCUT2D eigenvalue weighted by Gasteiger charge is -2.04. The maximum absolute atomic E-state index is 11.0. The first-order valence-electron chi connectivity index (χ1n) is 4.01. The van der Waals surface area contributed by atoms with Crippen molar-refractivity contribution in [1.82, 2.24) is 0 Å². The largest absolute Gasteiger partial charge is 0.298 e. The highest BCUT2D eigenvalue weighted by Gasteiger charge is 2.09. The summed E-state index contributed by atoms with van der Waals surface area (Å²) in [4.78, 5) is 11.9. The van der Waals surface area contributed by atoms with Gasteiger partial charge in [0, 0.05) is 25.9 Å². The van der Waals surface area contributed by atoms with Crippen molar-refractivity contribution in [3.63, 3.8) is 0 Å². The Labute approximate surface area is 99.7 Å². The number of carbonyl (C=O) groups is 1. The molecule has 1 heterocycles. The molecule has 14 heavy (non-hydrogen) atoms. The maximum Gasteiger partial charge on any atom is 0.151 e. The van der Waals surface area contributed by atoms with Crippen LogP contribution in [0.4, 0.5) is 0 Å². The number of benzene rings is 1. The predicted molar refractivity (Wildman–Crippen MR) is 67.1 cm³/mol. The van der Waals surface area contributed by atoms with Crippen molar-refractivity contribution < 1.29 is 4.79 Å². The third-order valence-corrected chi connectivity index (χ3v) is 4.16. The van der Waals surface area contributed by atoms with Crippen molar-refractivity contribution in [3.8, 4) is 0 Å². The van der Waals surface area contributed by atoms with Gasteiger partial charge in [-0.3, -0.25) is 4.79 Å². The first kappa shape index (κ1) is 10.2. The van der Waals surface area contributed by atoms with Gasteiger partial charge >= 0.3 is 0 Å². The fourth-order valence-electron chi connectivity index (χ4n) is 1.45. The molecule has 0 N–H and O–H groups in total. The lowest BCUT2D eigenvalue weighted by Crippen LogP contribution is -1.90. The number of rotatable bonds is 2. The van der Waals surface area contributed by atoms with E-state index >= 15 is 0 Å². The zero-order valence-electron chi connectivity index (χ0n) is 7.16. The molecule has 0 radical (unpaired) electrons. The van der Waals surface area contributed by atoms with E-state index in [4.69, 9.17) is 0 Å². The van der Waals surface area contributed by atoms with Gasteiger partial charge in [0.25, 0.3) is 0 Å². The molecule has 0 aliphatic carbocycles. The lowest BCUT2D eigenvalue weighted by atomic mass is 10.1. The molecule has 0 spiro atoms. The average Bonchev–Trinajstić information content (AvgIpc) is 2.66. The molecule has 0 unspecified atom stereocenters. The third kappa shape index (κ3) is 1.51. The second-order valence-corrected chi connectivity index (χ2v) is 4.84. The molecular formula is C10H7BrOS2. The first-order valence-corrected chi connectivity index (χ1v) is 6.46. The van der Waals surface area contributed by atoms with E-state index in [-0.39, 0.29) is 0 Å². The Morgan fingerprint density at radius 1 is 1.57 bits per heavy atom. The summed E-state index contributed by atoms with van der Waals surface area (Å²) >= 11 is 9.38. The van der Waals surface area contributed by atoms with Gasteiger partial charge in [-0.1, -0.05) is 15.9 Å². The quantitative estimate of drug-likeness (QED) is 0.503. The van der Waals surface area contributed by atoms with E-state index in [1.54, 1.807) is 11.3 Å². The van der Waals surface area contributed by atoms with Crippen molar-refractivity contribution in [2.45, 2.75) is 10.2 Å². The summed E-state index contributed by atoms with van der Waals surface area (Å²) in [5.74, 6) is 0. The zero-order valence-corrected chi connectivity index (χ0v) is 10.5. The van der Waals surface area contributed by atoms with E-state index in [0.29, 0.717) is 5.33 Å². The molecule has 72 valence electrons. The van der Waals surface area contributed by atoms with Crippen LogP contribution in [0.1, 0.15) is 15.9 Å². The standard InChI is InChI=1S/C10H7BrOS2/c11-4-6-3-9(13)10-7(1-2-14-10)8(6)5-12/h1-3,5,13H,4H2. The summed E-state index contributed by atoms with van der Waals surface area (Å²) in [6.45, 7) is 0. The Hall–Kier alpha value is -0.320. The molecule has 0 saturated carbocycles. The summed E-state index contributed by atoms with van der Waals surface area (Å²) in [5, 5.41) is 3.67. The molecule has 0 bridgehead atoms. The Kier molecular flexibility index (Phi) is 2.95.